The molecular formula is C9H10N4O2S2. The van der Waals surface area contributed by atoms with Gasteiger partial charge in [0.15, 0.2) is 5.13 Å². The Morgan fingerprint density at radius 2 is 2.24 bits per heavy atom. The van der Waals surface area contributed by atoms with Crippen LogP contribution in [0.1, 0.15) is 0 Å². The van der Waals surface area contributed by atoms with Gasteiger partial charge in [0.05, 0.1) is 19.4 Å². The van der Waals surface area contributed by atoms with Crippen LogP contribution in [-0.4, -0.2) is 41.5 Å². The Morgan fingerprint density at radius 3 is 2.94 bits per heavy atom. The van der Waals surface area contributed by atoms with Crippen molar-refractivity contribution in [3.8, 4) is 10.8 Å². The summed E-state index contributed by atoms with van der Waals surface area (Å²) >= 11 is 6.38. The van der Waals surface area contributed by atoms with Crippen molar-refractivity contribution in [3.05, 3.63) is 11.0 Å². The molecule has 0 amide bonds. The van der Waals surface area contributed by atoms with Gasteiger partial charge in [-0.1, -0.05) is 11.3 Å². The molecule has 2 aromatic heterocycles. The van der Waals surface area contributed by atoms with Crippen molar-refractivity contribution in [1.82, 2.24) is 15.2 Å². The number of aromatic nitrogens is 3. The highest BCUT2D eigenvalue weighted by atomic mass is 32.1. The number of nitrogens with one attached hydrogen (secondary N) is 1. The zero-order chi connectivity index (χ0) is 11.7. The standard InChI is InChI=1S/C9H10N4O2S2/c16-9-12-11-7(15-9)6-5-10-8(17-6)13-1-3-14-4-2-13/h5H,1-4H2,(H,12,16). The lowest BCUT2D eigenvalue weighted by Gasteiger charge is -2.25. The van der Waals surface area contributed by atoms with E-state index in [9.17, 15) is 0 Å². The smallest absolute Gasteiger partial charge is 0.284 e. The predicted octanol–water partition coefficient (Wildman–Crippen LogP) is 1.69. The molecule has 90 valence electrons. The molecule has 1 N–H and O–H groups in total. The van der Waals surface area contributed by atoms with Gasteiger partial charge >= 0.3 is 0 Å². The Kier molecular flexibility index (Phi) is 2.91. The van der Waals surface area contributed by atoms with Crippen molar-refractivity contribution in [2.75, 3.05) is 31.2 Å². The number of nitrogens with zero attached hydrogens (tertiary/aromatic N) is 3. The third-order valence-electron chi connectivity index (χ3n) is 2.42. The molecule has 1 aliphatic heterocycles. The number of ether oxygens (including phenoxy) is 1. The highest BCUT2D eigenvalue weighted by molar-refractivity contribution is 7.71. The molecule has 2 aromatic rings. The largest absolute Gasteiger partial charge is 0.408 e. The lowest BCUT2D eigenvalue weighted by Crippen LogP contribution is -2.36. The number of aromatic amines is 1. The number of hydrogen-bond acceptors (Lipinski definition) is 7. The van der Waals surface area contributed by atoms with Crippen molar-refractivity contribution in [2.45, 2.75) is 0 Å². The number of H-pyrrole nitrogens is 1. The predicted molar refractivity (Wildman–Crippen MR) is 65.8 cm³/mol. The summed E-state index contributed by atoms with van der Waals surface area (Å²) in [6.45, 7) is 3.24. The van der Waals surface area contributed by atoms with Crippen molar-refractivity contribution < 1.29 is 9.15 Å². The maximum atomic E-state index is 5.30. The second-order valence-corrected chi connectivity index (χ2v) is 4.90. The van der Waals surface area contributed by atoms with Gasteiger partial charge in [0.2, 0.25) is 0 Å². The minimum atomic E-state index is 0.279. The van der Waals surface area contributed by atoms with Crippen molar-refractivity contribution in [2.24, 2.45) is 0 Å². The van der Waals surface area contributed by atoms with Gasteiger partial charge in [0.25, 0.3) is 10.7 Å². The molecule has 1 fully saturated rings. The molecule has 0 bridgehead atoms. The van der Waals surface area contributed by atoms with Gasteiger partial charge in [0.1, 0.15) is 4.88 Å². The van der Waals surface area contributed by atoms with Gasteiger partial charge in [-0.2, -0.15) is 0 Å². The zero-order valence-corrected chi connectivity index (χ0v) is 10.5. The van der Waals surface area contributed by atoms with E-state index in [2.05, 4.69) is 20.1 Å². The van der Waals surface area contributed by atoms with E-state index in [1.165, 1.54) is 0 Å². The summed E-state index contributed by atoms with van der Waals surface area (Å²) in [6.07, 6.45) is 1.75. The molecule has 0 atom stereocenters. The molecule has 0 aliphatic carbocycles. The Balaban J connectivity index is 1.84. The monoisotopic (exact) mass is 270 g/mol. The van der Waals surface area contributed by atoms with E-state index in [4.69, 9.17) is 21.4 Å². The Morgan fingerprint density at radius 1 is 1.41 bits per heavy atom. The minimum absolute atomic E-state index is 0.279. The second-order valence-electron chi connectivity index (χ2n) is 3.52. The molecule has 1 aliphatic rings. The summed E-state index contributed by atoms with van der Waals surface area (Å²) in [5.41, 5.74) is 0. The fourth-order valence-corrected chi connectivity index (χ4v) is 2.62. The van der Waals surface area contributed by atoms with Gasteiger partial charge in [-0.3, -0.25) is 0 Å². The van der Waals surface area contributed by atoms with Gasteiger partial charge < -0.3 is 14.1 Å². The van der Waals surface area contributed by atoms with Crippen LogP contribution in [0.4, 0.5) is 5.13 Å². The quantitative estimate of drug-likeness (QED) is 0.838. The van der Waals surface area contributed by atoms with Crippen LogP contribution in [0.15, 0.2) is 10.6 Å². The van der Waals surface area contributed by atoms with Crippen molar-refractivity contribution in [3.63, 3.8) is 0 Å². The molecule has 6 nitrogen and oxygen atoms in total. The van der Waals surface area contributed by atoms with E-state index < -0.39 is 0 Å². The van der Waals surface area contributed by atoms with E-state index in [0.29, 0.717) is 5.89 Å². The van der Waals surface area contributed by atoms with Crippen LogP contribution in [0.3, 0.4) is 0 Å². The van der Waals surface area contributed by atoms with Crippen LogP contribution in [0.2, 0.25) is 0 Å². The summed E-state index contributed by atoms with van der Waals surface area (Å²) in [6, 6.07) is 0. The van der Waals surface area contributed by atoms with Crippen LogP contribution in [0.5, 0.6) is 0 Å². The van der Waals surface area contributed by atoms with Crippen LogP contribution >= 0.6 is 23.6 Å². The molecule has 3 heterocycles. The average molecular weight is 270 g/mol. The van der Waals surface area contributed by atoms with E-state index in [1.54, 1.807) is 17.5 Å². The molecule has 8 heteroatoms. The first-order valence-corrected chi connectivity index (χ1v) is 6.40. The minimum Gasteiger partial charge on any atom is -0.408 e. The zero-order valence-electron chi connectivity index (χ0n) is 8.88. The molecule has 0 aromatic carbocycles. The number of morpholine rings is 1. The van der Waals surface area contributed by atoms with Crippen LogP contribution in [-0.2, 0) is 4.74 Å². The number of anilines is 1. The first-order valence-electron chi connectivity index (χ1n) is 5.17. The lowest BCUT2D eigenvalue weighted by molar-refractivity contribution is 0.122. The molecule has 1 saturated heterocycles. The van der Waals surface area contributed by atoms with Crippen LogP contribution in [0, 0.1) is 4.84 Å². The van der Waals surface area contributed by atoms with E-state index in [0.717, 1.165) is 36.3 Å². The summed E-state index contributed by atoms with van der Waals surface area (Å²) in [4.78, 5) is 7.71. The lowest BCUT2D eigenvalue weighted by atomic mass is 10.5. The first kappa shape index (κ1) is 10.9. The van der Waals surface area contributed by atoms with Crippen LogP contribution in [0.25, 0.3) is 10.8 Å². The number of thiazole rings is 1. The highest BCUT2D eigenvalue weighted by Crippen LogP contribution is 2.30. The van der Waals surface area contributed by atoms with Gasteiger partial charge in [-0.15, -0.1) is 5.10 Å². The Bertz CT molecular complexity index is 555. The number of hydrogen-bond donors (Lipinski definition) is 1. The molecule has 0 saturated carbocycles. The summed E-state index contributed by atoms with van der Waals surface area (Å²) in [5.74, 6) is 0.493. The summed E-state index contributed by atoms with van der Waals surface area (Å²) in [7, 11) is 0. The van der Waals surface area contributed by atoms with Gasteiger partial charge in [-0.25, -0.2) is 10.1 Å². The van der Waals surface area contributed by atoms with E-state index in [-0.39, 0.29) is 4.84 Å². The first-order chi connectivity index (χ1) is 8.33. The maximum Gasteiger partial charge on any atom is 0.284 e. The fraction of sp³-hybridized carbons (Fsp3) is 0.444. The fourth-order valence-electron chi connectivity index (χ4n) is 1.60. The van der Waals surface area contributed by atoms with Crippen molar-refractivity contribution in [1.29, 1.82) is 0 Å². The van der Waals surface area contributed by atoms with Gasteiger partial charge in [-0.05, 0) is 12.2 Å². The molecule has 0 spiro atoms. The Hall–Kier alpha value is -1.25. The topological polar surface area (TPSA) is 67.2 Å². The molecule has 0 radical (unpaired) electrons. The van der Waals surface area contributed by atoms with Crippen LogP contribution < -0.4 is 4.90 Å². The normalized spacial score (nSPS) is 16.4. The summed E-state index contributed by atoms with van der Waals surface area (Å²) < 4.78 is 10.5. The SMILES string of the molecule is S=c1[nH]nc(-c2cnc(N3CCOCC3)s2)o1. The molecule has 17 heavy (non-hydrogen) atoms. The third-order valence-corrected chi connectivity index (χ3v) is 3.64. The Labute approximate surface area is 106 Å². The average Bonchev–Trinajstić information content (AvgIpc) is 2.98. The molecule has 3 rings (SSSR count). The second kappa shape index (κ2) is 4.55. The number of rotatable bonds is 2. The van der Waals surface area contributed by atoms with E-state index in [1.807, 2.05) is 0 Å². The van der Waals surface area contributed by atoms with Crippen molar-refractivity contribution >= 4 is 28.7 Å². The highest BCUT2D eigenvalue weighted by Gasteiger charge is 2.16. The van der Waals surface area contributed by atoms with Gasteiger partial charge in [0, 0.05) is 13.1 Å². The maximum absolute atomic E-state index is 5.30. The third kappa shape index (κ3) is 2.24. The summed E-state index contributed by atoms with van der Waals surface area (Å²) in [5, 5.41) is 7.54. The molecule has 0 unspecified atom stereocenters. The van der Waals surface area contributed by atoms with E-state index >= 15 is 0 Å². The molecular weight excluding hydrogens is 260 g/mol.